The normalized spacial score (nSPS) is 24.5. The Kier molecular flexibility index (Phi) is 2.10. The van der Waals surface area contributed by atoms with Crippen LogP contribution in [0.25, 0.3) is 0 Å². The summed E-state index contributed by atoms with van der Waals surface area (Å²) in [6.45, 7) is 2.01. The van der Waals surface area contributed by atoms with E-state index in [2.05, 4.69) is 6.08 Å². The van der Waals surface area contributed by atoms with Gasteiger partial charge in [-0.05, 0) is 19.3 Å². The van der Waals surface area contributed by atoms with Crippen LogP contribution in [0, 0.1) is 5.92 Å². The second kappa shape index (κ2) is 2.86. The first-order chi connectivity index (χ1) is 4.75. The maximum Gasteiger partial charge on any atom is 0.310 e. The fourth-order valence-electron chi connectivity index (χ4n) is 1.44. The third kappa shape index (κ3) is 1.20. The van der Waals surface area contributed by atoms with Crippen LogP contribution in [0.1, 0.15) is 26.2 Å². The molecule has 0 aliphatic heterocycles. The molecule has 0 fully saturated rings. The second-order valence-corrected chi connectivity index (χ2v) is 2.60. The van der Waals surface area contributed by atoms with Crippen LogP contribution >= 0.6 is 0 Å². The highest BCUT2D eigenvalue weighted by molar-refractivity contribution is 5.74. The van der Waals surface area contributed by atoms with Gasteiger partial charge in [0.25, 0.3) is 0 Å². The molecule has 1 aliphatic rings. The fourth-order valence-corrected chi connectivity index (χ4v) is 1.44. The van der Waals surface area contributed by atoms with Crippen molar-refractivity contribution in [2.24, 2.45) is 5.92 Å². The first-order valence-corrected chi connectivity index (χ1v) is 3.67. The molecule has 1 rings (SSSR count). The van der Waals surface area contributed by atoms with E-state index in [1.165, 1.54) is 0 Å². The Morgan fingerprint density at radius 3 is 3.00 bits per heavy atom. The Balaban J connectivity index is 2.63. The van der Waals surface area contributed by atoms with Gasteiger partial charge in [-0.2, -0.15) is 0 Å². The molecular weight excluding hydrogens is 128 g/mol. The Morgan fingerprint density at radius 1 is 1.90 bits per heavy atom. The SMILES string of the molecule is CCC1=CCCC1C(=O)O. The third-order valence-corrected chi connectivity index (χ3v) is 2.02. The third-order valence-electron chi connectivity index (χ3n) is 2.02. The second-order valence-electron chi connectivity index (χ2n) is 2.60. The summed E-state index contributed by atoms with van der Waals surface area (Å²) in [6.07, 6.45) is 4.69. The Morgan fingerprint density at radius 2 is 2.60 bits per heavy atom. The maximum absolute atomic E-state index is 10.5. The van der Waals surface area contributed by atoms with Crippen LogP contribution in [0.4, 0.5) is 0 Å². The number of carboxylic acid groups (broad SMARTS) is 1. The summed E-state index contributed by atoms with van der Waals surface area (Å²) >= 11 is 0. The zero-order chi connectivity index (χ0) is 7.56. The lowest BCUT2D eigenvalue weighted by molar-refractivity contribution is -0.140. The molecule has 56 valence electrons. The van der Waals surface area contributed by atoms with Crippen LogP contribution in [-0.2, 0) is 4.79 Å². The molecule has 1 atom stereocenters. The quantitative estimate of drug-likeness (QED) is 0.594. The van der Waals surface area contributed by atoms with Crippen molar-refractivity contribution in [3.05, 3.63) is 11.6 Å². The van der Waals surface area contributed by atoms with Gasteiger partial charge in [0.1, 0.15) is 0 Å². The van der Waals surface area contributed by atoms with Gasteiger partial charge in [-0.3, -0.25) is 4.79 Å². The van der Waals surface area contributed by atoms with Gasteiger partial charge < -0.3 is 5.11 Å². The van der Waals surface area contributed by atoms with Crippen LogP contribution in [0.15, 0.2) is 11.6 Å². The number of carbonyl (C=O) groups is 1. The number of hydrogen-bond acceptors (Lipinski definition) is 1. The molecule has 2 nitrogen and oxygen atoms in total. The van der Waals surface area contributed by atoms with Crippen LogP contribution in [0.2, 0.25) is 0 Å². The number of hydrogen-bond donors (Lipinski definition) is 1. The van der Waals surface area contributed by atoms with Crippen molar-refractivity contribution in [1.29, 1.82) is 0 Å². The lowest BCUT2D eigenvalue weighted by Crippen LogP contribution is -2.12. The van der Waals surface area contributed by atoms with Gasteiger partial charge in [0.2, 0.25) is 0 Å². The smallest absolute Gasteiger partial charge is 0.310 e. The predicted octanol–water partition coefficient (Wildman–Crippen LogP) is 1.82. The number of carboxylic acids is 1. The van der Waals surface area contributed by atoms with E-state index >= 15 is 0 Å². The van der Waals surface area contributed by atoms with E-state index in [-0.39, 0.29) is 5.92 Å². The molecule has 0 aromatic carbocycles. The van der Waals surface area contributed by atoms with Gasteiger partial charge in [-0.25, -0.2) is 0 Å². The minimum Gasteiger partial charge on any atom is -0.481 e. The van der Waals surface area contributed by atoms with E-state index in [1.54, 1.807) is 0 Å². The maximum atomic E-state index is 10.5. The molecule has 1 N–H and O–H groups in total. The monoisotopic (exact) mass is 140 g/mol. The van der Waals surface area contributed by atoms with Gasteiger partial charge in [0.05, 0.1) is 5.92 Å². The summed E-state index contributed by atoms with van der Waals surface area (Å²) in [5.41, 5.74) is 1.10. The Labute approximate surface area is 60.6 Å². The highest BCUT2D eigenvalue weighted by Crippen LogP contribution is 2.27. The summed E-state index contributed by atoms with van der Waals surface area (Å²) in [5, 5.41) is 8.67. The lowest BCUT2D eigenvalue weighted by Gasteiger charge is -2.05. The van der Waals surface area contributed by atoms with Crippen molar-refractivity contribution in [1.82, 2.24) is 0 Å². The highest BCUT2D eigenvalue weighted by Gasteiger charge is 2.23. The summed E-state index contributed by atoms with van der Waals surface area (Å²) in [6, 6.07) is 0. The number of allylic oxidation sites excluding steroid dienone is 1. The van der Waals surface area contributed by atoms with Crippen LogP contribution in [0.5, 0.6) is 0 Å². The molecule has 1 aliphatic carbocycles. The number of aliphatic carboxylic acids is 1. The van der Waals surface area contributed by atoms with Crippen molar-refractivity contribution in [2.45, 2.75) is 26.2 Å². The molecule has 10 heavy (non-hydrogen) atoms. The van der Waals surface area contributed by atoms with Crippen molar-refractivity contribution >= 4 is 5.97 Å². The minimum absolute atomic E-state index is 0.176. The van der Waals surface area contributed by atoms with Gasteiger partial charge in [0.15, 0.2) is 0 Å². The fraction of sp³-hybridized carbons (Fsp3) is 0.625. The molecule has 0 amide bonds. The van der Waals surface area contributed by atoms with E-state index < -0.39 is 5.97 Å². The van der Waals surface area contributed by atoms with E-state index in [0.29, 0.717) is 0 Å². The van der Waals surface area contributed by atoms with E-state index in [1.807, 2.05) is 6.92 Å². The van der Waals surface area contributed by atoms with E-state index in [0.717, 1.165) is 24.8 Å². The first-order valence-electron chi connectivity index (χ1n) is 3.67. The van der Waals surface area contributed by atoms with Crippen molar-refractivity contribution in [3.8, 4) is 0 Å². The molecule has 0 bridgehead atoms. The number of rotatable bonds is 2. The van der Waals surface area contributed by atoms with Gasteiger partial charge in [-0.15, -0.1) is 0 Å². The Bertz CT molecular complexity index is 170. The van der Waals surface area contributed by atoms with E-state index in [9.17, 15) is 4.79 Å². The zero-order valence-corrected chi connectivity index (χ0v) is 6.13. The van der Waals surface area contributed by atoms with Crippen molar-refractivity contribution in [2.75, 3.05) is 0 Å². The molecule has 0 aromatic heterocycles. The summed E-state index contributed by atoms with van der Waals surface area (Å²) in [7, 11) is 0. The molecule has 0 spiro atoms. The average molecular weight is 140 g/mol. The molecule has 0 heterocycles. The summed E-state index contributed by atoms with van der Waals surface area (Å²) in [5.74, 6) is -0.837. The summed E-state index contributed by atoms with van der Waals surface area (Å²) < 4.78 is 0. The van der Waals surface area contributed by atoms with Crippen molar-refractivity contribution in [3.63, 3.8) is 0 Å². The first kappa shape index (κ1) is 7.32. The largest absolute Gasteiger partial charge is 0.481 e. The molecular formula is C8H12O2. The van der Waals surface area contributed by atoms with Crippen molar-refractivity contribution < 1.29 is 9.90 Å². The highest BCUT2D eigenvalue weighted by atomic mass is 16.4. The topological polar surface area (TPSA) is 37.3 Å². The molecule has 0 aromatic rings. The van der Waals surface area contributed by atoms with Gasteiger partial charge in [0, 0.05) is 0 Å². The molecule has 2 heteroatoms. The minimum atomic E-state index is -0.661. The molecule has 0 saturated carbocycles. The Hall–Kier alpha value is -0.790. The van der Waals surface area contributed by atoms with Crippen LogP contribution in [-0.4, -0.2) is 11.1 Å². The predicted molar refractivity (Wildman–Crippen MR) is 38.7 cm³/mol. The van der Waals surface area contributed by atoms with Crippen LogP contribution in [0.3, 0.4) is 0 Å². The lowest BCUT2D eigenvalue weighted by atomic mass is 10.0. The van der Waals surface area contributed by atoms with E-state index in [4.69, 9.17) is 5.11 Å². The van der Waals surface area contributed by atoms with Gasteiger partial charge in [-0.1, -0.05) is 18.6 Å². The zero-order valence-electron chi connectivity index (χ0n) is 6.13. The molecule has 0 saturated heterocycles. The molecule has 1 unspecified atom stereocenters. The summed E-state index contributed by atoms with van der Waals surface area (Å²) in [4.78, 5) is 10.5. The van der Waals surface area contributed by atoms with Crippen LogP contribution < -0.4 is 0 Å². The molecule has 0 radical (unpaired) electrons. The standard InChI is InChI=1S/C8H12O2/c1-2-6-4-3-5-7(6)8(9)10/h4,7H,2-3,5H2,1H3,(H,9,10). The van der Waals surface area contributed by atoms with Gasteiger partial charge >= 0.3 is 5.97 Å². The average Bonchev–Trinajstić information content (AvgIpc) is 2.33.